The first-order valence-corrected chi connectivity index (χ1v) is 5.39. The second kappa shape index (κ2) is 5.29. The van der Waals surface area contributed by atoms with Gasteiger partial charge in [0.2, 0.25) is 0 Å². The van der Waals surface area contributed by atoms with E-state index in [0.29, 0.717) is 11.1 Å². The third-order valence-corrected chi connectivity index (χ3v) is 2.80. The summed E-state index contributed by atoms with van der Waals surface area (Å²) in [5.74, 6) is -0.410. The maximum Gasteiger partial charge on any atom is 0.337 e. The Labute approximate surface area is 101 Å². The normalized spacial score (nSPS) is 13.2. The number of aliphatic hydroxyl groups is 2. The molecule has 0 fully saturated rings. The Hall–Kier alpha value is -1.39. The van der Waals surface area contributed by atoms with Crippen LogP contribution in [0.5, 0.6) is 0 Å². The highest BCUT2D eigenvalue weighted by molar-refractivity contribution is 5.89. The lowest BCUT2D eigenvalue weighted by molar-refractivity contribution is 0.00635. The average molecular weight is 238 g/mol. The number of hydrogen-bond acceptors (Lipinski definition) is 4. The van der Waals surface area contributed by atoms with Gasteiger partial charge >= 0.3 is 5.97 Å². The molecule has 1 aromatic rings. The molecule has 94 valence electrons. The largest absolute Gasteiger partial charge is 0.465 e. The molecular weight excluding hydrogens is 220 g/mol. The predicted molar refractivity (Wildman–Crippen MR) is 63.6 cm³/mol. The highest BCUT2D eigenvalue weighted by Gasteiger charge is 2.28. The van der Waals surface area contributed by atoms with Crippen LogP contribution in [-0.4, -0.2) is 29.9 Å². The molecule has 1 atom stereocenters. The number of rotatable bonds is 4. The molecule has 4 heteroatoms. The van der Waals surface area contributed by atoms with Gasteiger partial charge in [-0.3, -0.25) is 0 Å². The van der Waals surface area contributed by atoms with E-state index in [1.807, 2.05) is 0 Å². The quantitative estimate of drug-likeness (QED) is 0.780. The van der Waals surface area contributed by atoms with Gasteiger partial charge < -0.3 is 14.9 Å². The van der Waals surface area contributed by atoms with Crippen molar-refractivity contribution < 1.29 is 19.7 Å². The summed E-state index contributed by atoms with van der Waals surface area (Å²) in [6.07, 6.45) is -0.779. The minimum atomic E-state index is -0.779. The zero-order chi connectivity index (χ0) is 13.1. The second-order valence-corrected chi connectivity index (χ2v) is 4.66. The van der Waals surface area contributed by atoms with E-state index in [1.165, 1.54) is 7.11 Å². The van der Waals surface area contributed by atoms with E-state index in [1.54, 1.807) is 38.1 Å². The molecule has 0 aliphatic heterocycles. The first-order valence-electron chi connectivity index (χ1n) is 5.39. The maximum absolute atomic E-state index is 11.2. The number of carbonyl (C=O) groups excluding carboxylic acids is 1. The Morgan fingerprint density at radius 1 is 1.35 bits per heavy atom. The van der Waals surface area contributed by atoms with Gasteiger partial charge in [-0.1, -0.05) is 26.0 Å². The summed E-state index contributed by atoms with van der Waals surface area (Å²) in [4.78, 5) is 11.2. The van der Waals surface area contributed by atoms with Crippen LogP contribution >= 0.6 is 0 Å². The number of benzene rings is 1. The molecule has 2 N–H and O–H groups in total. The maximum atomic E-state index is 11.2. The molecule has 0 saturated heterocycles. The summed E-state index contributed by atoms with van der Waals surface area (Å²) < 4.78 is 4.58. The smallest absolute Gasteiger partial charge is 0.337 e. The summed E-state index contributed by atoms with van der Waals surface area (Å²) in [6.45, 7) is 3.42. The molecule has 0 aliphatic carbocycles. The lowest BCUT2D eigenvalue weighted by Gasteiger charge is -2.28. The molecule has 0 aromatic heterocycles. The van der Waals surface area contributed by atoms with E-state index >= 15 is 0 Å². The molecule has 17 heavy (non-hydrogen) atoms. The minimum Gasteiger partial charge on any atom is -0.465 e. The van der Waals surface area contributed by atoms with Crippen LogP contribution < -0.4 is 0 Å². The van der Waals surface area contributed by atoms with Crippen molar-refractivity contribution in [3.05, 3.63) is 35.4 Å². The van der Waals surface area contributed by atoms with Crippen molar-refractivity contribution >= 4 is 5.97 Å². The molecule has 0 heterocycles. The third kappa shape index (κ3) is 3.05. The topological polar surface area (TPSA) is 66.8 Å². The van der Waals surface area contributed by atoms with E-state index in [9.17, 15) is 15.0 Å². The van der Waals surface area contributed by atoms with E-state index in [-0.39, 0.29) is 6.61 Å². The third-order valence-electron chi connectivity index (χ3n) is 2.80. The van der Waals surface area contributed by atoms with E-state index in [2.05, 4.69) is 4.74 Å². The van der Waals surface area contributed by atoms with Crippen molar-refractivity contribution in [3.8, 4) is 0 Å². The monoisotopic (exact) mass is 238 g/mol. The lowest BCUT2D eigenvalue weighted by atomic mass is 9.83. The molecule has 0 bridgehead atoms. The van der Waals surface area contributed by atoms with Gasteiger partial charge in [0.1, 0.15) is 0 Å². The fourth-order valence-corrected chi connectivity index (χ4v) is 1.46. The summed E-state index contributed by atoms with van der Waals surface area (Å²) in [6, 6.07) is 6.51. The van der Waals surface area contributed by atoms with Gasteiger partial charge in [-0.25, -0.2) is 4.79 Å². The molecule has 4 nitrogen and oxygen atoms in total. The zero-order valence-corrected chi connectivity index (χ0v) is 10.3. The van der Waals surface area contributed by atoms with Gasteiger partial charge in [-0.05, 0) is 17.7 Å². The molecule has 0 saturated carbocycles. The van der Waals surface area contributed by atoms with Gasteiger partial charge in [0.25, 0.3) is 0 Å². The predicted octanol–water partition coefficient (Wildman–Crippen LogP) is 1.53. The average Bonchev–Trinajstić information content (AvgIpc) is 2.37. The van der Waals surface area contributed by atoms with Crippen molar-refractivity contribution in [2.75, 3.05) is 13.7 Å². The minimum absolute atomic E-state index is 0.118. The first-order chi connectivity index (χ1) is 7.92. The fraction of sp³-hybridized carbons (Fsp3) is 0.462. The van der Waals surface area contributed by atoms with Crippen molar-refractivity contribution in [2.24, 2.45) is 5.41 Å². The van der Waals surface area contributed by atoms with Gasteiger partial charge in [-0.2, -0.15) is 0 Å². The van der Waals surface area contributed by atoms with Crippen LogP contribution in [0.2, 0.25) is 0 Å². The van der Waals surface area contributed by atoms with E-state index in [0.717, 1.165) is 0 Å². The van der Waals surface area contributed by atoms with Gasteiger partial charge in [0.15, 0.2) is 0 Å². The summed E-state index contributed by atoms with van der Waals surface area (Å²) in [5.41, 5.74) is 0.481. The van der Waals surface area contributed by atoms with Crippen LogP contribution in [0.15, 0.2) is 24.3 Å². The Bertz CT molecular complexity index is 381. The van der Waals surface area contributed by atoms with Crippen molar-refractivity contribution in [1.29, 1.82) is 0 Å². The lowest BCUT2D eigenvalue weighted by Crippen LogP contribution is -2.26. The van der Waals surface area contributed by atoms with E-state index < -0.39 is 17.5 Å². The molecule has 1 rings (SSSR count). The van der Waals surface area contributed by atoms with Crippen molar-refractivity contribution in [3.63, 3.8) is 0 Å². The van der Waals surface area contributed by atoms with Crippen LogP contribution in [0.1, 0.15) is 35.9 Å². The molecule has 0 spiro atoms. The van der Waals surface area contributed by atoms with Crippen molar-refractivity contribution in [2.45, 2.75) is 20.0 Å². The van der Waals surface area contributed by atoms with Crippen LogP contribution in [0.25, 0.3) is 0 Å². The fourth-order valence-electron chi connectivity index (χ4n) is 1.46. The molecule has 1 aromatic carbocycles. The molecular formula is C13H18O4. The van der Waals surface area contributed by atoms with E-state index in [4.69, 9.17) is 0 Å². The number of hydrogen-bond donors (Lipinski definition) is 2. The first kappa shape index (κ1) is 13.7. The zero-order valence-electron chi connectivity index (χ0n) is 10.3. The number of methoxy groups -OCH3 is 1. The SMILES string of the molecule is COC(=O)c1ccc([C@@H](O)C(C)(C)CO)cc1. The van der Waals surface area contributed by atoms with Crippen LogP contribution in [-0.2, 0) is 4.74 Å². The molecule has 0 radical (unpaired) electrons. The van der Waals surface area contributed by atoms with Crippen LogP contribution in [0.4, 0.5) is 0 Å². The molecule has 0 aliphatic rings. The Morgan fingerprint density at radius 2 is 1.88 bits per heavy atom. The molecule has 0 unspecified atom stereocenters. The summed E-state index contributed by atoms with van der Waals surface area (Å²) >= 11 is 0. The number of esters is 1. The van der Waals surface area contributed by atoms with Gasteiger partial charge in [-0.15, -0.1) is 0 Å². The number of aliphatic hydroxyl groups excluding tert-OH is 2. The number of carbonyl (C=O) groups is 1. The summed E-state index contributed by atoms with van der Waals surface area (Å²) in [7, 11) is 1.32. The standard InChI is InChI=1S/C13H18O4/c1-13(2,8-14)11(15)9-4-6-10(7-5-9)12(16)17-3/h4-7,11,14-15H,8H2,1-3H3/t11-/m1/s1. The molecule has 0 amide bonds. The highest BCUT2D eigenvalue weighted by atomic mass is 16.5. The second-order valence-electron chi connectivity index (χ2n) is 4.66. The van der Waals surface area contributed by atoms with Crippen molar-refractivity contribution in [1.82, 2.24) is 0 Å². The van der Waals surface area contributed by atoms with Gasteiger partial charge in [0, 0.05) is 5.41 Å². The summed E-state index contributed by atoms with van der Waals surface area (Å²) in [5, 5.41) is 19.2. The number of ether oxygens (including phenoxy) is 1. The van der Waals surface area contributed by atoms with Crippen LogP contribution in [0.3, 0.4) is 0 Å². The Balaban J connectivity index is 2.91. The van der Waals surface area contributed by atoms with Gasteiger partial charge in [0.05, 0.1) is 25.4 Å². The Kier molecular flexibility index (Phi) is 4.26. The van der Waals surface area contributed by atoms with Crippen LogP contribution in [0, 0.1) is 5.41 Å². The Morgan fingerprint density at radius 3 is 2.29 bits per heavy atom. The highest BCUT2D eigenvalue weighted by Crippen LogP contribution is 2.32.